The molecule has 3 rings (SSSR count). The van der Waals surface area contributed by atoms with E-state index in [1.54, 1.807) is 10.7 Å². The van der Waals surface area contributed by atoms with E-state index in [4.69, 9.17) is 5.73 Å². The average molecular weight is 284 g/mol. The molecule has 1 aliphatic heterocycles. The van der Waals surface area contributed by atoms with Crippen molar-refractivity contribution in [2.24, 2.45) is 5.92 Å². The van der Waals surface area contributed by atoms with Gasteiger partial charge in [0.25, 0.3) is 5.91 Å². The van der Waals surface area contributed by atoms with Gasteiger partial charge in [-0.3, -0.25) is 4.79 Å². The van der Waals surface area contributed by atoms with Gasteiger partial charge in [-0.05, 0) is 49.6 Å². The topological polar surface area (TPSA) is 64.2 Å². The first-order chi connectivity index (χ1) is 10.0. The molecule has 0 spiro atoms. The van der Waals surface area contributed by atoms with Gasteiger partial charge in [0.05, 0.1) is 5.69 Å². The number of rotatable bonds is 2. The highest BCUT2D eigenvalue weighted by Crippen LogP contribution is 2.24. The molecule has 5 heteroatoms. The number of anilines is 1. The van der Waals surface area contributed by atoms with Crippen molar-refractivity contribution >= 4 is 11.6 Å². The number of hydrogen-bond donors (Lipinski definition) is 1. The Kier molecular flexibility index (Phi) is 3.41. The molecule has 0 radical (unpaired) electrons. The van der Waals surface area contributed by atoms with Crippen molar-refractivity contribution in [3.63, 3.8) is 0 Å². The quantitative estimate of drug-likeness (QED) is 0.861. The minimum absolute atomic E-state index is 0.0149. The van der Waals surface area contributed by atoms with Crippen molar-refractivity contribution in [2.75, 3.05) is 12.3 Å². The first-order valence-corrected chi connectivity index (χ1v) is 7.27. The maximum Gasteiger partial charge on any atom is 0.274 e. The van der Waals surface area contributed by atoms with Crippen LogP contribution in [0, 0.1) is 5.92 Å². The van der Waals surface area contributed by atoms with E-state index in [1.807, 2.05) is 35.4 Å². The third kappa shape index (κ3) is 2.63. The summed E-state index contributed by atoms with van der Waals surface area (Å²) in [5, 5.41) is 4.40. The largest absolute Gasteiger partial charge is 0.399 e. The lowest BCUT2D eigenvalue weighted by molar-refractivity contribution is 0.0737. The van der Waals surface area contributed by atoms with Crippen LogP contribution >= 0.6 is 0 Å². The molecule has 2 N–H and O–H groups in total. The van der Waals surface area contributed by atoms with Crippen LogP contribution < -0.4 is 5.73 Å². The molecule has 0 saturated carbocycles. The van der Waals surface area contributed by atoms with Crippen LogP contribution in [0.5, 0.6) is 0 Å². The van der Waals surface area contributed by atoms with Crippen LogP contribution in [-0.2, 0) is 0 Å². The van der Waals surface area contributed by atoms with Crippen LogP contribution in [0.3, 0.4) is 0 Å². The Hall–Kier alpha value is -2.30. The molecule has 5 nitrogen and oxygen atoms in total. The average Bonchev–Trinajstić information content (AvgIpc) is 3.06. The molecule has 1 amide bonds. The normalized spacial score (nSPS) is 21.7. The monoisotopic (exact) mass is 284 g/mol. The highest BCUT2D eigenvalue weighted by Gasteiger charge is 2.31. The number of hydrogen-bond acceptors (Lipinski definition) is 3. The van der Waals surface area contributed by atoms with E-state index >= 15 is 0 Å². The second-order valence-corrected chi connectivity index (χ2v) is 5.88. The first-order valence-electron chi connectivity index (χ1n) is 7.27. The number of likely N-dealkylation sites (tertiary alicyclic amines) is 1. The van der Waals surface area contributed by atoms with E-state index in [0.717, 1.165) is 18.7 Å². The van der Waals surface area contributed by atoms with E-state index in [9.17, 15) is 4.79 Å². The Bertz CT molecular complexity index is 647. The van der Waals surface area contributed by atoms with Gasteiger partial charge >= 0.3 is 0 Å². The molecule has 1 saturated heterocycles. The molecule has 2 aromatic rings. The van der Waals surface area contributed by atoms with Gasteiger partial charge in [0.2, 0.25) is 0 Å². The SMILES string of the molecule is CC1CC(C)N(C(=O)c2ccn(-c3ccc(N)cc3)n2)C1. The van der Waals surface area contributed by atoms with Gasteiger partial charge in [0.15, 0.2) is 5.69 Å². The van der Waals surface area contributed by atoms with Gasteiger partial charge in [-0.2, -0.15) is 5.10 Å². The molecule has 21 heavy (non-hydrogen) atoms. The van der Waals surface area contributed by atoms with Crippen LogP contribution in [0.2, 0.25) is 0 Å². The molecule has 0 bridgehead atoms. The second-order valence-electron chi connectivity index (χ2n) is 5.88. The fourth-order valence-corrected chi connectivity index (χ4v) is 2.94. The highest BCUT2D eigenvalue weighted by molar-refractivity contribution is 5.92. The maximum atomic E-state index is 12.5. The second kappa shape index (κ2) is 5.24. The van der Waals surface area contributed by atoms with E-state index in [1.165, 1.54) is 0 Å². The number of carbonyl (C=O) groups excluding carboxylic acids is 1. The minimum atomic E-state index is 0.0149. The molecular weight excluding hydrogens is 264 g/mol. The standard InChI is InChI=1S/C16H20N4O/c1-11-9-12(2)19(10-11)16(21)15-7-8-20(18-15)14-5-3-13(17)4-6-14/h3-8,11-12H,9-10,17H2,1-2H3. The zero-order valence-corrected chi connectivity index (χ0v) is 12.4. The number of benzene rings is 1. The number of nitrogen functional groups attached to an aromatic ring is 1. The van der Waals surface area contributed by atoms with Gasteiger partial charge in [-0.25, -0.2) is 4.68 Å². The molecule has 1 fully saturated rings. The molecule has 1 aliphatic rings. The summed E-state index contributed by atoms with van der Waals surface area (Å²) in [4.78, 5) is 14.4. The van der Waals surface area contributed by atoms with Crippen LogP contribution in [0.25, 0.3) is 5.69 Å². The lowest BCUT2D eigenvalue weighted by Crippen LogP contribution is -2.34. The number of nitrogens with zero attached hydrogens (tertiary/aromatic N) is 3. The molecule has 2 atom stereocenters. The van der Waals surface area contributed by atoms with E-state index < -0.39 is 0 Å². The number of carbonyl (C=O) groups is 1. The predicted octanol–water partition coefficient (Wildman–Crippen LogP) is 2.33. The summed E-state index contributed by atoms with van der Waals surface area (Å²) in [5.74, 6) is 0.573. The minimum Gasteiger partial charge on any atom is -0.399 e. The van der Waals surface area contributed by atoms with Crippen LogP contribution in [0.4, 0.5) is 5.69 Å². The number of aromatic nitrogens is 2. The number of amides is 1. The molecule has 1 aromatic heterocycles. The zero-order chi connectivity index (χ0) is 15.0. The third-order valence-electron chi connectivity index (χ3n) is 4.01. The Morgan fingerprint density at radius 1 is 1.24 bits per heavy atom. The molecular formula is C16H20N4O. The highest BCUT2D eigenvalue weighted by atomic mass is 16.2. The smallest absolute Gasteiger partial charge is 0.274 e. The summed E-state index contributed by atoms with van der Waals surface area (Å²) >= 11 is 0. The zero-order valence-electron chi connectivity index (χ0n) is 12.4. The van der Waals surface area contributed by atoms with Gasteiger partial charge in [-0.1, -0.05) is 6.92 Å². The lowest BCUT2D eigenvalue weighted by atomic mass is 10.1. The predicted molar refractivity (Wildman–Crippen MR) is 82.3 cm³/mol. The molecule has 2 heterocycles. The summed E-state index contributed by atoms with van der Waals surface area (Å²) in [6, 6.07) is 9.47. The van der Waals surface area contributed by atoms with Gasteiger partial charge in [-0.15, -0.1) is 0 Å². The molecule has 110 valence electrons. The Balaban J connectivity index is 1.81. The fraction of sp³-hybridized carbons (Fsp3) is 0.375. The van der Waals surface area contributed by atoms with Crippen LogP contribution in [0.15, 0.2) is 36.5 Å². The maximum absolute atomic E-state index is 12.5. The Morgan fingerprint density at radius 2 is 1.95 bits per heavy atom. The Morgan fingerprint density at radius 3 is 2.57 bits per heavy atom. The van der Waals surface area contributed by atoms with Gasteiger partial charge in [0.1, 0.15) is 0 Å². The van der Waals surface area contributed by atoms with Crippen molar-refractivity contribution in [2.45, 2.75) is 26.3 Å². The molecule has 0 aliphatic carbocycles. The van der Waals surface area contributed by atoms with Crippen molar-refractivity contribution in [3.8, 4) is 5.69 Å². The number of nitrogens with two attached hydrogens (primary N) is 1. The third-order valence-corrected chi connectivity index (χ3v) is 4.01. The van der Waals surface area contributed by atoms with Crippen LogP contribution in [0.1, 0.15) is 30.8 Å². The van der Waals surface area contributed by atoms with Crippen molar-refractivity contribution in [1.82, 2.24) is 14.7 Å². The summed E-state index contributed by atoms with van der Waals surface area (Å²) < 4.78 is 1.71. The van der Waals surface area contributed by atoms with E-state index in [-0.39, 0.29) is 11.9 Å². The first kappa shape index (κ1) is 13.7. The summed E-state index contributed by atoms with van der Waals surface area (Å²) in [6.45, 7) is 5.09. The van der Waals surface area contributed by atoms with Gasteiger partial charge < -0.3 is 10.6 Å². The summed E-state index contributed by atoms with van der Waals surface area (Å²) in [6.07, 6.45) is 2.87. The Labute approximate surface area is 124 Å². The summed E-state index contributed by atoms with van der Waals surface area (Å²) in [5.41, 5.74) is 7.78. The van der Waals surface area contributed by atoms with Crippen molar-refractivity contribution < 1.29 is 4.79 Å². The molecule has 2 unspecified atom stereocenters. The van der Waals surface area contributed by atoms with E-state index in [2.05, 4.69) is 18.9 Å². The summed E-state index contributed by atoms with van der Waals surface area (Å²) in [7, 11) is 0. The fourth-order valence-electron chi connectivity index (χ4n) is 2.94. The van der Waals surface area contributed by atoms with Crippen molar-refractivity contribution in [3.05, 3.63) is 42.2 Å². The van der Waals surface area contributed by atoms with Crippen molar-refractivity contribution in [1.29, 1.82) is 0 Å². The molecule has 1 aromatic carbocycles. The van der Waals surface area contributed by atoms with E-state index in [0.29, 0.717) is 17.3 Å². The van der Waals surface area contributed by atoms with Gasteiger partial charge in [0, 0.05) is 24.5 Å². The van der Waals surface area contributed by atoms with Crippen LogP contribution in [-0.4, -0.2) is 33.2 Å². The lowest BCUT2D eigenvalue weighted by Gasteiger charge is -2.20.